The summed E-state index contributed by atoms with van der Waals surface area (Å²) in [4.78, 5) is 0. The van der Waals surface area contributed by atoms with Crippen molar-refractivity contribution in [3.05, 3.63) is 35.4 Å². The first-order valence-electron chi connectivity index (χ1n) is 8.10. The van der Waals surface area contributed by atoms with Crippen LogP contribution in [-0.4, -0.2) is 6.54 Å². The number of rotatable bonds is 7. The van der Waals surface area contributed by atoms with Crippen LogP contribution in [0.15, 0.2) is 24.3 Å². The Balaban J connectivity index is 1.53. The van der Waals surface area contributed by atoms with Crippen LogP contribution in [0.5, 0.6) is 0 Å². The van der Waals surface area contributed by atoms with Crippen molar-refractivity contribution >= 4 is 0 Å². The second-order valence-electron chi connectivity index (χ2n) is 6.56. The fraction of sp³-hybridized carbons (Fsp3) is 0.667. The lowest BCUT2D eigenvalue weighted by Gasteiger charge is -2.21. The first-order valence-corrected chi connectivity index (χ1v) is 8.10. The van der Waals surface area contributed by atoms with E-state index in [-0.39, 0.29) is 0 Å². The van der Waals surface area contributed by atoms with Gasteiger partial charge < -0.3 is 5.32 Å². The smallest absolute Gasteiger partial charge is 0.0291 e. The van der Waals surface area contributed by atoms with E-state index in [0.29, 0.717) is 6.04 Å². The van der Waals surface area contributed by atoms with Crippen molar-refractivity contribution in [2.75, 3.05) is 6.54 Å². The van der Waals surface area contributed by atoms with Gasteiger partial charge in [-0.25, -0.2) is 0 Å². The summed E-state index contributed by atoms with van der Waals surface area (Å²) >= 11 is 0. The minimum absolute atomic E-state index is 0.492. The third-order valence-electron chi connectivity index (χ3n) is 5.00. The number of hydrogen-bond acceptors (Lipinski definition) is 1. The quantitative estimate of drug-likeness (QED) is 0.766. The fourth-order valence-corrected chi connectivity index (χ4v) is 3.24. The molecule has 0 saturated heterocycles. The highest BCUT2D eigenvalue weighted by Crippen LogP contribution is 2.48. The van der Waals surface area contributed by atoms with Crippen LogP contribution in [0.2, 0.25) is 0 Å². The van der Waals surface area contributed by atoms with Gasteiger partial charge in [0.15, 0.2) is 0 Å². The predicted octanol–water partition coefficient (Wildman–Crippen LogP) is 4.34. The Morgan fingerprint density at radius 3 is 2.11 bits per heavy atom. The predicted molar refractivity (Wildman–Crippen MR) is 81.2 cm³/mol. The van der Waals surface area contributed by atoms with Crippen molar-refractivity contribution in [3.63, 3.8) is 0 Å². The summed E-state index contributed by atoms with van der Waals surface area (Å²) in [7, 11) is 0. The van der Waals surface area contributed by atoms with Gasteiger partial charge in [0.2, 0.25) is 0 Å². The van der Waals surface area contributed by atoms with Crippen molar-refractivity contribution in [3.8, 4) is 0 Å². The molecule has 104 valence electrons. The molecular formula is C18H27N. The molecule has 0 bridgehead atoms. The average Bonchev–Trinajstić information content (AvgIpc) is 3.31. The zero-order valence-corrected chi connectivity index (χ0v) is 12.4. The van der Waals surface area contributed by atoms with Gasteiger partial charge in [0.25, 0.3) is 0 Å². The molecule has 1 heteroatoms. The van der Waals surface area contributed by atoms with E-state index in [0.717, 1.165) is 24.2 Å². The van der Waals surface area contributed by atoms with Crippen molar-refractivity contribution in [1.82, 2.24) is 5.32 Å². The van der Waals surface area contributed by atoms with Crippen molar-refractivity contribution in [2.24, 2.45) is 17.8 Å². The highest BCUT2D eigenvalue weighted by atomic mass is 14.9. The lowest BCUT2D eigenvalue weighted by atomic mass is 9.97. The molecule has 2 aliphatic rings. The van der Waals surface area contributed by atoms with Gasteiger partial charge in [-0.15, -0.1) is 0 Å². The third kappa shape index (κ3) is 3.39. The SMILES string of the molecule is CCc1ccc(C(C)NCC(C2CC2)C2CC2)cc1. The third-order valence-corrected chi connectivity index (χ3v) is 5.00. The largest absolute Gasteiger partial charge is 0.310 e. The lowest BCUT2D eigenvalue weighted by molar-refractivity contribution is 0.362. The van der Waals surface area contributed by atoms with E-state index in [4.69, 9.17) is 0 Å². The fourth-order valence-electron chi connectivity index (χ4n) is 3.24. The van der Waals surface area contributed by atoms with Crippen LogP contribution in [-0.2, 0) is 6.42 Å². The number of hydrogen-bond donors (Lipinski definition) is 1. The van der Waals surface area contributed by atoms with Gasteiger partial charge >= 0.3 is 0 Å². The lowest BCUT2D eigenvalue weighted by Crippen LogP contribution is -2.28. The first kappa shape index (κ1) is 13.2. The van der Waals surface area contributed by atoms with Gasteiger partial charge in [-0.1, -0.05) is 31.2 Å². The number of aryl methyl sites for hydroxylation is 1. The molecular weight excluding hydrogens is 230 g/mol. The standard InChI is InChI=1S/C18H27N/c1-3-14-4-6-15(7-5-14)13(2)19-12-18(16-8-9-16)17-10-11-17/h4-7,13,16-19H,3,8-12H2,1-2H3. The monoisotopic (exact) mass is 257 g/mol. The first-order chi connectivity index (χ1) is 9.28. The van der Waals surface area contributed by atoms with Gasteiger partial charge in [-0.2, -0.15) is 0 Å². The van der Waals surface area contributed by atoms with Crippen LogP contribution in [0.4, 0.5) is 0 Å². The van der Waals surface area contributed by atoms with Gasteiger partial charge in [0.1, 0.15) is 0 Å². The topological polar surface area (TPSA) is 12.0 Å². The van der Waals surface area contributed by atoms with E-state index in [1.807, 2.05) is 0 Å². The van der Waals surface area contributed by atoms with Crippen LogP contribution in [0.3, 0.4) is 0 Å². The minimum atomic E-state index is 0.492. The summed E-state index contributed by atoms with van der Waals surface area (Å²) in [5.74, 6) is 3.07. The molecule has 1 N–H and O–H groups in total. The Bertz CT molecular complexity index is 388. The molecule has 0 amide bonds. The summed E-state index contributed by atoms with van der Waals surface area (Å²) in [5, 5.41) is 3.78. The Morgan fingerprint density at radius 1 is 1.05 bits per heavy atom. The Hall–Kier alpha value is -0.820. The maximum Gasteiger partial charge on any atom is 0.0291 e. The number of nitrogens with one attached hydrogen (secondary N) is 1. The average molecular weight is 257 g/mol. The van der Waals surface area contributed by atoms with Gasteiger partial charge in [-0.05, 0) is 74.5 Å². The van der Waals surface area contributed by atoms with Crippen LogP contribution in [0.25, 0.3) is 0 Å². The second kappa shape index (κ2) is 5.66. The molecule has 2 saturated carbocycles. The summed E-state index contributed by atoms with van der Waals surface area (Å²) in [6.45, 7) is 5.75. The Morgan fingerprint density at radius 2 is 1.63 bits per heavy atom. The van der Waals surface area contributed by atoms with Gasteiger partial charge in [0.05, 0.1) is 0 Å². The minimum Gasteiger partial charge on any atom is -0.310 e. The van der Waals surface area contributed by atoms with E-state index < -0.39 is 0 Å². The summed E-state index contributed by atoms with van der Waals surface area (Å²) in [5.41, 5.74) is 2.87. The van der Waals surface area contributed by atoms with E-state index in [2.05, 4.69) is 43.4 Å². The van der Waals surface area contributed by atoms with Crippen molar-refractivity contribution in [1.29, 1.82) is 0 Å². The molecule has 0 aromatic heterocycles. The highest BCUT2D eigenvalue weighted by molar-refractivity contribution is 5.24. The molecule has 1 aromatic carbocycles. The van der Waals surface area contributed by atoms with E-state index in [1.165, 1.54) is 43.4 Å². The van der Waals surface area contributed by atoms with Gasteiger partial charge in [0, 0.05) is 6.04 Å². The van der Waals surface area contributed by atoms with Gasteiger partial charge in [-0.3, -0.25) is 0 Å². The molecule has 1 atom stereocenters. The summed E-state index contributed by atoms with van der Waals surface area (Å²) in [6, 6.07) is 9.62. The summed E-state index contributed by atoms with van der Waals surface area (Å²) in [6.07, 6.45) is 7.09. The molecule has 2 aliphatic carbocycles. The molecule has 19 heavy (non-hydrogen) atoms. The maximum atomic E-state index is 3.78. The van der Waals surface area contributed by atoms with Crippen LogP contribution >= 0.6 is 0 Å². The van der Waals surface area contributed by atoms with Crippen LogP contribution in [0, 0.1) is 17.8 Å². The van der Waals surface area contributed by atoms with Crippen molar-refractivity contribution < 1.29 is 0 Å². The molecule has 1 nitrogen and oxygen atoms in total. The molecule has 0 radical (unpaired) electrons. The van der Waals surface area contributed by atoms with E-state index >= 15 is 0 Å². The molecule has 2 fully saturated rings. The maximum absolute atomic E-state index is 3.78. The molecule has 0 aliphatic heterocycles. The van der Waals surface area contributed by atoms with Crippen molar-refractivity contribution in [2.45, 2.75) is 52.0 Å². The van der Waals surface area contributed by atoms with Crippen LogP contribution < -0.4 is 5.32 Å². The zero-order valence-electron chi connectivity index (χ0n) is 12.4. The highest BCUT2D eigenvalue weighted by Gasteiger charge is 2.41. The molecule has 1 aromatic rings. The Labute approximate surface area is 117 Å². The molecule has 1 unspecified atom stereocenters. The van der Waals surface area contributed by atoms with Crippen LogP contribution in [0.1, 0.15) is 56.7 Å². The van der Waals surface area contributed by atoms with E-state index in [9.17, 15) is 0 Å². The normalized spacial score (nSPS) is 20.8. The number of benzene rings is 1. The zero-order chi connectivity index (χ0) is 13.2. The molecule has 3 rings (SSSR count). The second-order valence-corrected chi connectivity index (χ2v) is 6.56. The Kier molecular flexibility index (Phi) is 3.93. The van der Waals surface area contributed by atoms with E-state index in [1.54, 1.807) is 0 Å². The molecule has 0 spiro atoms. The molecule has 0 heterocycles. The summed E-state index contributed by atoms with van der Waals surface area (Å²) < 4.78 is 0.